The van der Waals surface area contributed by atoms with Crippen LogP contribution in [0.4, 0.5) is 0 Å². The van der Waals surface area contributed by atoms with Crippen LogP contribution in [0.25, 0.3) is 17.4 Å². The normalized spacial score (nSPS) is 14.7. The van der Waals surface area contributed by atoms with E-state index in [4.69, 9.17) is 23.4 Å². The van der Waals surface area contributed by atoms with Crippen LogP contribution in [0.5, 0.6) is 11.5 Å². The van der Waals surface area contributed by atoms with Gasteiger partial charge in [0.2, 0.25) is 0 Å². The fraction of sp³-hybridized carbons (Fsp3) is 0.250. The number of furan rings is 1. The zero-order chi connectivity index (χ0) is 30.8. The van der Waals surface area contributed by atoms with E-state index in [1.807, 2.05) is 6.92 Å². The number of aryl methyl sites for hydroxylation is 1. The van der Waals surface area contributed by atoms with Crippen molar-refractivity contribution < 1.29 is 33.0 Å². The first-order chi connectivity index (χ1) is 20.7. The summed E-state index contributed by atoms with van der Waals surface area (Å²) in [6.07, 6.45) is 1.65. The number of hydrogen-bond acceptors (Lipinski definition) is 10. The topological polar surface area (TPSA) is 119 Å². The minimum Gasteiger partial charge on any atom is -0.497 e. The van der Waals surface area contributed by atoms with Crippen LogP contribution in [0.15, 0.2) is 74.0 Å². The number of fused-ring (bicyclic) bond motifs is 1. The van der Waals surface area contributed by atoms with E-state index in [-0.39, 0.29) is 17.7 Å². The van der Waals surface area contributed by atoms with Gasteiger partial charge in [-0.2, -0.15) is 0 Å². The second kappa shape index (κ2) is 12.1. The van der Waals surface area contributed by atoms with E-state index >= 15 is 0 Å². The maximum Gasteiger partial charge on any atom is 0.338 e. The number of aromatic nitrogens is 1. The fourth-order valence-corrected chi connectivity index (χ4v) is 6.05. The minimum atomic E-state index is -0.870. The summed E-state index contributed by atoms with van der Waals surface area (Å²) in [5.74, 6) is 1.05. The molecule has 5 rings (SSSR count). The number of carbonyl (C=O) groups excluding carboxylic acids is 2. The Labute approximate surface area is 251 Å². The number of methoxy groups -OCH3 is 3. The molecule has 1 atom stereocenters. The molecule has 3 heterocycles. The molecule has 11 heteroatoms. The monoisotopic (exact) mass is 602 g/mol. The van der Waals surface area contributed by atoms with Crippen LogP contribution in [0.1, 0.15) is 47.1 Å². The highest BCUT2D eigenvalue weighted by Gasteiger charge is 2.35. The number of carbonyl (C=O) groups is 2. The standard InChI is InChI=1S/C32H30N2O8S/c1-7-41-31(37)27-18(3)33-32-34(28(27)23-15-20(38-4)9-12-24(23)39-5)29(35)26(43-32)16-21-10-13-25(42-21)22-11-8-19(14-17(22)2)30(36)40-6/h8-16,28H,7H2,1-6H3/b26-16+/t28-/m1/s1. The third-order valence-corrected chi connectivity index (χ3v) is 8.04. The van der Waals surface area contributed by atoms with Crippen molar-refractivity contribution in [3.8, 4) is 22.8 Å². The van der Waals surface area contributed by atoms with Crippen molar-refractivity contribution in [2.24, 2.45) is 4.99 Å². The quantitative estimate of drug-likeness (QED) is 0.276. The highest BCUT2D eigenvalue weighted by atomic mass is 32.1. The lowest BCUT2D eigenvalue weighted by atomic mass is 9.95. The van der Waals surface area contributed by atoms with Gasteiger partial charge in [0.15, 0.2) is 4.80 Å². The average Bonchev–Trinajstić information content (AvgIpc) is 3.59. The molecule has 1 aliphatic heterocycles. The Morgan fingerprint density at radius 2 is 1.81 bits per heavy atom. The first-order valence-corrected chi connectivity index (χ1v) is 14.2. The first-order valence-electron chi connectivity index (χ1n) is 13.4. The van der Waals surface area contributed by atoms with Crippen molar-refractivity contribution >= 4 is 29.4 Å². The summed E-state index contributed by atoms with van der Waals surface area (Å²) in [4.78, 5) is 44.2. The van der Waals surface area contributed by atoms with Crippen LogP contribution in [0.3, 0.4) is 0 Å². The molecule has 0 unspecified atom stereocenters. The van der Waals surface area contributed by atoms with E-state index in [1.165, 1.54) is 37.2 Å². The molecule has 0 saturated carbocycles. The Morgan fingerprint density at radius 1 is 1.02 bits per heavy atom. The van der Waals surface area contributed by atoms with Gasteiger partial charge in [0.25, 0.3) is 5.56 Å². The van der Waals surface area contributed by atoms with Gasteiger partial charge in [-0.05, 0) is 68.8 Å². The zero-order valence-corrected chi connectivity index (χ0v) is 25.4. The van der Waals surface area contributed by atoms with Crippen molar-refractivity contribution in [2.45, 2.75) is 26.8 Å². The summed E-state index contributed by atoms with van der Waals surface area (Å²) in [6, 6.07) is 13.1. The molecule has 0 amide bonds. The van der Waals surface area contributed by atoms with Crippen molar-refractivity contribution in [1.29, 1.82) is 0 Å². The van der Waals surface area contributed by atoms with Crippen LogP contribution >= 0.6 is 11.3 Å². The smallest absolute Gasteiger partial charge is 0.338 e. The van der Waals surface area contributed by atoms with E-state index in [9.17, 15) is 14.4 Å². The minimum absolute atomic E-state index is 0.160. The Bertz CT molecular complexity index is 1950. The Balaban J connectivity index is 1.63. The van der Waals surface area contributed by atoms with Crippen LogP contribution in [0, 0.1) is 6.92 Å². The highest BCUT2D eigenvalue weighted by Crippen LogP contribution is 2.38. The Kier molecular flexibility index (Phi) is 8.36. The van der Waals surface area contributed by atoms with Crippen molar-refractivity contribution in [1.82, 2.24) is 4.57 Å². The number of benzene rings is 2. The second-order valence-corrected chi connectivity index (χ2v) is 10.6. The van der Waals surface area contributed by atoms with E-state index in [1.54, 1.807) is 68.5 Å². The van der Waals surface area contributed by atoms with Gasteiger partial charge in [-0.25, -0.2) is 14.6 Å². The number of hydrogen-bond donors (Lipinski definition) is 0. The van der Waals surface area contributed by atoms with Crippen molar-refractivity contribution in [3.63, 3.8) is 0 Å². The highest BCUT2D eigenvalue weighted by molar-refractivity contribution is 7.07. The molecule has 0 aliphatic carbocycles. The zero-order valence-electron chi connectivity index (χ0n) is 24.5. The molecule has 0 N–H and O–H groups in total. The molecule has 0 fully saturated rings. The molecule has 0 spiro atoms. The van der Waals surface area contributed by atoms with Crippen LogP contribution in [0.2, 0.25) is 0 Å². The fourth-order valence-electron chi connectivity index (χ4n) is 5.03. The predicted molar refractivity (Wildman–Crippen MR) is 160 cm³/mol. The Hall–Kier alpha value is -4.90. The van der Waals surface area contributed by atoms with Crippen LogP contribution in [-0.4, -0.2) is 44.4 Å². The van der Waals surface area contributed by atoms with Gasteiger partial charge in [0, 0.05) is 17.2 Å². The summed E-state index contributed by atoms with van der Waals surface area (Å²) in [5.41, 5.74) is 2.94. The molecule has 4 aromatic rings. The molecule has 0 radical (unpaired) electrons. The molecular formula is C32H30N2O8S. The van der Waals surface area contributed by atoms with Crippen molar-refractivity contribution in [3.05, 3.63) is 102 Å². The van der Waals surface area contributed by atoms with E-state index in [0.29, 0.717) is 49.2 Å². The third-order valence-electron chi connectivity index (χ3n) is 7.06. The number of allylic oxidation sites excluding steroid dienone is 1. The van der Waals surface area contributed by atoms with E-state index < -0.39 is 18.0 Å². The van der Waals surface area contributed by atoms with Gasteiger partial charge in [-0.15, -0.1) is 0 Å². The van der Waals surface area contributed by atoms with Crippen LogP contribution < -0.4 is 24.4 Å². The molecule has 43 heavy (non-hydrogen) atoms. The molecule has 2 aromatic heterocycles. The van der Waals surface area contributed by atoms with Gasteiger partial charge in [0.1, 0.15) is 29.1 Å². The molecule has 0 bridgehead atoms. The number of ether oxygens (including phenoxy) is 4. The summed E-state index contributed by atoms with van der Waals surface area (Å²) in [6.45, 7) is 5.47. The summed E-state index contributed by atoms with van der Waals surface area (Å²) < 4.78 is 29.2. The summed E-state index contributed by atoms with van der Waals surface area (Å²) in [7, 11) is 4.40. The SMILES string of the molecule is CCOC(=O)C1=C(C)N=c2s/c(=C/c3ccc(-c4ccc(C(=O)OC)cc4C)o3)c(=O)n2[C@@H]1c1cc(OC)ccc1OC. The third kappa shape index (κ3) is 5.51. The van der Waals surface area contributed by atoms with Gasteiger partial charge in [-0.1, -0.05) is 17.4 Å². The molecule has 1 aliphatic rings. The lowest BCUT2D eigenvalue weighted by Crippen LogP contribution is -2.40. The number of esters is 2. The van der Waals surface area contributed by atoms with Gasteiger partial charge in [0.05, 0.1) is 49.3 Å². The summed E-state index contributed by atoms with van der Waals surface area (Å²) in [5, 5.41) is 0. The largest absolute Gasteiger partial charge is 0.497 e. The second-order valence-electron chi connectivity index (χ2n) is 9.63. The maximum absolute atomic E-state index is 14.0. The lowest BCUT2D eigenvalue weighted by molar-refractivity contribution is -0.139. The van der Waals surface area contributed by atoms with E-state index in [2.05, 4.69) is 4.99 Å². The molecule has 222 valence electrons. The molecule has 0 saturated heterocycles. The lowest BCUT2D eigenvalue weighted by Gasteiger charge is -2.26. The molecule has 10 nitrogen and oxygen atoms in total. The van der Waals surface area contributed by atoms with Gasteiger partial charge in [-0.3, -0.25) is 9.36 Å². The van der Waals surface area contributed by atoms with Gasteiger partial charge < -0.3 is 23.4 Å². The molecule has 2 aromatic carbocycles. The van der Waals surface area contributed by atoms with E-state index in [0.717, 1.165) is 11.1 Å². The Morgan fingerprint density at radius 3 is 2.49 bits per heavy atom. The number of thiazole rings is 1. The first kappa shape index (κ1) is 29.6. The number of nitrogens with zero attached hydrogens (tertiary/aromatic N) is 2. The summed E-state index contributed by atoms with van der Waals surface area (Å²) >= 11 is 1.18. The van der Waals surface area contributed by atoms with Crippen LogP contribution in [-0.2, 0) is 14.3 Å². The van der Waals surface area contributed by atoms with Gasteiger partial charge >= 0.3 is 11.9 Å². The number of rotatable bonds is 8. The predicted octanol–water partition coefficient (Wildman–Crippen LogP) is 4.17. The average molecular weight is 603 g/mol. The molecular weight excluding hydrogens is 572 g/mol. The van der Waals surface area contributed by atoms with Crippen molar-refractivity contribution in [2.75, 3.05) is 27.9 Å². The maximum atomic E-state index is 14.0.